The van der Waals surface area contributed by atoms with Crippen molar-refractivity contribution in [2.75, 3.05) is 26.7 Å². The first kappa shape index (κ1) is 18.5. The van der Waals surface area contributed by atoms with Gasteiger partial charge in [-0.2, -0.15) is 0 Å². The number of likely N-dealkylation sites (tertiary alicyclic amines) is 1. The molecule has 0 saturated carbocycles. The van der Waals surface area contributed by atoms with Gasteiger partial charge in [0.15, 0.2) is 0 Å². The summed E-state index contributed by atoms with van der Waals surface area (Å²) in [5, 5.41) is 1.48. The third kappa shape index (κ3) is 5.35. The molecule has 2 N–H and O–H groups in total. The van der Waals surface area contributed by atoms with Gasteiger partial charge in [0.25, 0.3) is 0 Å². The Morgan fingerprint density at radius 3 is 2.70 bits per heavy atom. The lowest BCUT2D eigenvalue weighted by Crippen LogP contribution is -2.41. The first-order valence-corrected chi connectivity index (χ1v) is 8.73. The third-order valence-corrected chi connectivity index (χ3v) is 5.09. The standard InChI is InChI=1S/C17H24Cl2N2O2/c1-23-15(11-20)10-17(22)21-6-4-12(5-7-21)8-13-9-14(18)2-3-16(13)19/h2-3,9,12,15H,4-8,10-11,20H2,1H3. The van der Waals surface area contributed by atoms with Crippen LogP contribution in [0, 0.1) is 5.92 Å². The molecule has 0 aliphatic carbocycles. The molecule has 1 aliphatic rings. The van der Waals surface area contributed by atoms with Gasteiger partial charge >= 0.3 is 0 Å². The molecule has 2 rings (SSSR count). The Balaban J connectivity index is 1.84. The van der Waals surface area contributed by atoms with Crippen LogP contribution in [0.4, 0.5) is 0 Å². The first-order chi connectivity index (χ1) is 11.0. The molecule has 1 aromatic rings. The topological polar surface area (TPSA) is 55.6 Å². The molecule has 0 radical (unpaired) electrons. The molecule has 1 heterocycles. The van der Waals surface area contributed by atoms with Gasteiger partial charge in [0.1, 0.15) is 0 Å². The van der Waals surface area contributed by atoms with E-state index in [-0.39, 0.29) is 12.0 Å². The highest BCUT2D eigenvalue weighted by Gasteiger charge is 2.25. The summed E-state index contributed by atoms with van der Waals surface area (Å²) in [5.41, 5.74) is 6.67. The molecule has 128 valence electrons. The molecule has 1 aliphatic heterocycles. The number of rotatable bonds is 6. The smallest absolute Gasteiger partial charge is 0.225 e. The predicted molar refractivity (Wildman–Crippen MR) is 93.9 cm³/mol. The zero-order valence-corrected chi connectivity index (χ0v) is 14.9. The SMILES string of the molecule is COC(CN)CC(=O)N1CCC(Cc2cc(Cl)ccc2Cl)CC1. The van der Waals surface area contributed by atoms with Crippen LogP contribution in [0.15, 0.2) is 18.2 Å². The van der Waals surface area contributed by atoms with Crippen molar-refractivity contribution in [2.24, 2.45) is 11.7 Å². The van der Waals surface area contributed by atoms with Gasteiger partial charge in [0, 0.05) is 36.8 Å². The Hall–Kier alpha value is -0.810. The van der Waals surface area contributed by atoms with Crippen molar-refractivity contribution in [2.45, 2.75) is 31.8 Å². The van der Waals surface area contributed by atoms with Crippen LogP contribution in [0.1, 0.15) is 24.8 Å². The van der Waals surface area contributed by atoms with Gasteiger partial charge < -0.3 is 15.4 Å². The lowest BCUT2D eigenvalue weighted by Gasteiger charge is -2.33. The van der Waals surface area contributed by atoms with Gasteiger partial charge in [0.2, 0.25) is 5.91 Å². The summed E-state index contributed by atoms with van der Waals surface area (Å²) in [6.45, 7) is 1.93. The maximum absolute atomic E-state index is 12.2. The van der Waals surface area contributed by atoms with Crippen LogP contribution in [0.3, 0.4) is 0 Å². The number of carbonyl (C=O) groups is 1. The molecule has 4 nitrogen and oxygen atoms in total. The number of piperidine rings is 1. The lowest BCUT2D eigenvalue weighted by molar-refractivity contribution is -0.135. The van der Waals surface area contributed by atoms with Crippen LogP contribution in [0.5, 0.6) is 0 Å². The number of nitrogens with zero attached hydrogens (tertiary/aromatic N) is 1. The molecular weight excluding hydrogens is 335 g/mol. The maximum Gasteiger partial charge on any atom is 0.225 e. The molecule has 0 spiro atoms. The Morgan fingerprint density at radius 1 is 1.39 bits per heavy atom. The van der Waals surface area contributed by atoms with Gasteiger partial charge in [-0.1, -0.05) is 23.2 Å². The van der Waals surface area contributed by atoms with E-state index in [0.29, 0.717) is 23.9 Å². The maximum atomic E-state index is 12.2. The zero-order chi connectivity index (χ0) is 16.8. The minimum atomic E-state index is -0.189. The average Bonchev–Trinajstić information content (AvgIpc) is 2.56. The van der Waals surface area contributed by atoms with E-state index < -0.39 is 0 Å². The van der Waals surface area contributed by atoms with Crippen molar-refractivity contribution in [3.63, 3.8) is 0 Å². The van der Waals surface area contributed by atoms with Crippen molar-refractivity contribution in [1.29, 1.82) is 0 Å². The van der Waals surface area contributed by atoms with Crippen molar-refractivity contribution >= 4 is 29.1 Å². The summed E-state index contributed by atoms with van der Waals surface area (Å²) in [6, 6.07) is 5.58. The van der Waals surface area contributed by atoms with Crippen molar-refractivity contribution in [3.05, 3.63) is 33.8 Å². The molecule has 1 atom stereocenters. The predicted octanol–water partition coefficient (Wildman–Crippen LogP) is 3.14. The zero-order valence-electron chi connectivity index (χ0n) is 13.4. The molecule has 1 saturated heterocycles. The number of methoxy groups -OCH3 is 1. The van der Waals surface area contributed by atoms with Gasteiger partial charge in [-0.3, -0.25) is 4.79 Å². The molecule has 1 amide bonds. The molecule has 23 heavy (non-hydrogen) atoms. The summed E-state index contributed by atoms with van der Waals surface area (Å²) in [7, 11) is 1.59. The van der Waals surface area contributed by atoms with Crippen molar-refractivity contribution in [1.82, 2.24) is 4.90 Å². The Labute approximate surface area is 147 Å². The Kier molecular flexibility index (Phi) is 7.15. The number of amides is 1. The number of hydrogen-bond acceptors (Lipinski definition) is 3. The minimum Gasteiger partial charge on any atom is -0.380 e. The monoisotopic (exact) mass is 358 g/mol. The van der Waals surface area contributed by atoms with Gasteiger partial charge in [-0.05, 0) is 48.9 Å². The molecule has 1 fully saturated rings. The number of benzene rings is 1. The Morgan fingerprint density at radius 2 is 2.09 bits per heavy atom. The fourth-order valence-corrected chi connectivity index (χ4v) is 3.37. The largest absolute Gasteiger partial charge is 0.380 e. The molecule has 0 bridgehead atoms. The normalized spacial score (nSPS) is 17.3. The van der Waals surface area contributed by atoms with Gasteiger partial charge in [-0.25, -0.2) is 0 Å². The van der Waals surface area contributed by atoms with Crippen LogP contribution >= 0.6 is 23.2 Å². The van der Waals surface area contributed by atoms with Gasteiger partial charge in [0.05, 0.1) is 12.5 Å². The summed E-state index contributed by atoms with van der Waals surface area (Å²) in [5.74, 6) is 0.657. The number of nitrogens with two attached hydrogens (primary N) is 1. The number of hydrogen-bond donors (Lipinski definition) is 1. The van der Waals surface area contributed by atoms with E-state index in [2.05, 4.69) is 0 Å². The summed E-state index contributed by atoms with van der Waals surface area (Å²) in [6.07, 6.45) is 3.04. The summed E-state index contributed by atoms with van der Waals surface area (Å²) >= 11 is 12.3. The highest BCUT2D eigenvalue weighted by Crippen LogP contribution is 2.28. The van der Waals surface area contributed by atoms with E-state index in [1.807, 2.05) is 17.0 Å². The highest BCUT2D eigenvalue weighted by molar-refractivity contribution is 6.33. The summed E-state index contributed by atoms with van der Waals surface area (Å²) < 4.78 is 5.19. The van der Waals surface area contributed by atoms with E-state index in [1.54, 1.807) is 13.2 Å². The molecule has 1 aromatic carbocycles. The van der Waals surface area contributed by atoms with Crippen LogP contribution in [0.25, 0.3) is 0 Å². The Bertz CT molecular complexity index is 527. The fourth-order valence-electron chi connectivity index (χ4n) is 2.98. The second-order valence-corrected chi connectivity index (χ2v) is 6.91. The second-order valence-electron chi connectivity index (χ2n) is 6.06. The summed E-state index contributed by atoms with van der Waals surface area (Å²) in [4.78, 5) is 14.2. The van der Waals surface area contributed by atoms with Crippen LogP contribution in [-0.4, -0.2) is 43.7 Å². The van der Waals surface area contributed by atoms with E-state index in [9.17, 15) is 4.79 Å². The van der Waals surface area contributed by atoms with Crippen LogP contribution in [-0.2, 0) is 16.0 Å². The molecular formula is C17H24Cl2N2O2. The second kappa shape index (κ2) is 8.88. The van der Waals surface area contributed by atoms with E-state index in [0.717, 1.165) is 42.9 Å². The molecule has 0 aromatic heterocycles. The first-order valence-electron chi connectivity index (χ1n) is 7.98. The van der Waals surface area contributed by atoms with Crippen LogP contribution < -0.4 is 5.73 Å². The third-order valence-electron chi connectivity index (χ3n) is 4.48. The lowest BCUT2D eigenvalue weighted by atomic mass is 9.90. The van der Waals surface area contributed by atoms with E-state index in [1.165, 1.54) is 0 Å². The number of ether oxygens (including phenoxy) is 1. The quantitative estimate of drug-likeness (QED) is 0.849. The molecule has 1 unspecified atom stereocenters. The highest BCUT2D eigenvalue weighted by atomic mass is 35.5. The fraction of sp³-hybridized carbons (Fsp3) is 0.588. The number of halogens is 2. The minimum absolute atomic E-state index is 0.126. The van der Waals surface area contributed by atoms with E-state index in [4.69, 9.17) is 33.7 Å². The van der Waals surface area contributed by atoms with Crippen molar-refractivity contribution in [3.8, 4) is 0 Å². The van der Waals surface area contributed by atoms with Crippen molar-refractivity contribution < 1.29 is 9.53 Å². The molecule has 6 heteroatoms. The number of carbonyl (C=O) groups excluding carboxylic acids is 1. The van der Waals surface area contributed by atoms with Gasteiger partial charge in [-0.15, -0.1) is 0 Å². The van der Waals surface area contributed by atoms with E-state index >= 15 is 0 Å². The average molecular weight is 359 g/mol. The van der Waals surface area contributed by atoms with Crippen LogP contribution in [0.2, 0.25) is 10.0 Å².